The van der Waals surface area contributed by atoms with Gasteiger partial charge in [-0.15, -0.1) is 0 Å². The molecule has 32 heavy (non-hydrogen) atoms. The van der Waals surface area contributed by atoms with Gasteiger partial charge in [-0.05, 0) is 48.9 Å². The number of benzene rings is 3. The summed E-state index contributed by atoms with van der Waals surface area (Å²) in [5.74, 6) is 2.02. The van der Waals surface area contributed by atoms with E-state index < -0.39 is 4.92 Å². The van der Waals surface area contributed by atoms with E-state index in [4.69, 9.17) is 14.2 Å². The predicted molar refractivity (Wildman–Crippen MR) is 122 cm³/mol. The number of fused-ring (bicyclic) bond motifs is 1. The van der Waals surface area contributed by atoms with Crippen LogP contribution in [0.2, 0.25) is 0 Å². The Hall–Kier alpha value is -4.07. The first-order chi connectivity index (χ1) is 15.5. The molecular formula is C24H23N3O5. The summed E-state index contributed by atoms with van der Waals surface area (Å²) in [4.78, 5) is 10.4. The lowest BCUT2D eigenvalue weighted by atomic mass is 9.94. The van der Waals surface area contributed by atoms with Gasteiger partial charge in [0.2, 0.25) is 0 Å². The number of methoxy groups -OCH3 is 2. The van der Waals surface area contributed by atoms with E-state index in [-0.39, 0.29) is 11.8 Å². The van der Waals surface area contributed by atoms with E-state index >= 15 is 0 Å². The van der Waals surface area contributed by atoms with Crippen molar-refractivity contribution in [1.82, 2.24) is 0 Å². The monoisotopic (exact) mass is 433 g/mol. The van der Waals surface area contributed by atoms with E-state index in [1.54, 1.807) is 26.4 Å². The number of hydrazone groups is 1. The fraction of sp³-hybridized carbons (Fsp3) is 0.208. The number of hydrogen-bond acceptors (Lipinski definition) is 7. The van der Waals surface area contributed by atoms with E-state index in [1.807, 2.05) is 43.3 Å². The molecule has 0 aliphatic carbocycles. The molecule has 8 heteroatoms. The van der Waals surface area contributed by atoms with Crippen molar-refractivity contribution in [3.05, 3.63) is 87.5 Å². The highest BCUT2D eigenvalue weighted by molar-refractivity contribution is 6.04. The summed E-state index contributed by atoms with van der Waals surface area (Å²) in [6, 6.07) is 17.8. The molecule has 3 aromatic rings. The smallest absolute Gasteiger partial charge is 0.269 e. The molecule has 1 aliphatic heterocycles. The van der Waals surface area contributed by atoms with Crippen molar-refractivity contribution >= 4 is 17.1 Å². The third-order valence-corrected chi connectivity index (χ3v) is 5.27. The van der Waals surface area contributed by atoms with Crippen LogP contribution in [-0.4, -0.2) is 24.9 Å². The molecule has 0 saturated carbocycles. The van der Waals surface area contributed by atoms with Crippen LogP contribution in [0.4, 0.5) is 11.4 Å². The molecule has 4 rings (SSSR count). The van der Waals surface area contributed by atoms with E-state index in [9.17, 15) is 10.1 Å². The second-order valence-corrected chi connectivity index (χ2v) is 7.40. The van der Waals surface area contributed by atoms with Crippen LogP contribution in [0.15, 0.2) is 65.8 Å². The highest BCUT2D eigenvalue weighted by atomic mass is 16.6. The SMILES string of the molecule is COc1ccc(C2C/C(=N\Nc3ccc([N+](=O)[O-])cc3)c3cc(C)ccc3O2)cc1OC. The summed E-state index contributed by atoms with van der Waals surface area (Å²) >= 11 is 0. The zero-order valence-electron chi connectivity index (χ0n) is 18.0. The average molecular weight is 433 g/mol. The van der Waals surface area contributed by atoms with Crippen molar-refractivity contribution < 1.29 is 19.1 Å². The average Bonchev–Trinajstić information content (AvgIpc) is 2.82. The van der Waals surface area contributed by atoms with Crippen LogP contribution >= 0.6 is 0 Å². The van der Waals surface area contributed by atoms with Gasteiger partial charge in [-0.25, -0.2) is 0 Å². The van der Waals surface area contributed by atoms with Crippen LogP contribution in [-0.2, 0) is 0 Å². The summed E-state index contributed by atoms with van der Waals surface area (Å²) < 4.78 is 17.1. The molecule has 8 nitrogen and oxygen atoms in total. The van der Waals surface area contributed by atoms with Crippen molar-refractivity contribution in [2.24, 2.45) is 5.10 Å². The fourth-order valence-electron chi connectivity index (χ4n) is 3.59. The van der Waals surface area contributed by atoms with Crippen LogP contribution in [0, 0.1) is 17.0 Å². The standard InChI is InChI=1S/C24H23N3O5/c1-15-4-10-21-19(12-15)20(26-25-17-6-8-18(9-7-17)27(28)29)14-23(32-21)16-5-11-22(30-2)24(13-16)31-3/h4-13,23,25H,14H2,1-3H3/b26-20+. The zero-order valence-corrected chi connectivity index (χ0v) is 18.0. The molecule has 1 unspecified atom stereocenters. The molecular weight excluding hydrogens is 410 g/mol. The normalized spacial score (nSPS) is 16.1. The summed E-state index contributed by atoms with van der Waals surface area (Å²) in [6.07, 6.45) is 0.272. The van der Waals surface area contributed by atoms with Gasteiger partial charge in [-0.2, -0.15) is 5.10 Å². The highest BCUT2D eigenvalue weighted by Crippen LogP contribution is 2.38. The lowest BCUT2D eigenvalue weighted by Crippen LogP contribution is -2.22. The third kappa shape index (κ3) is 4.34. The first-order valence-electron chi connectivity index (χ1n) is 10.0. The lowest BCUT2D eigenvalue weighted by molar-refractivity contribution is -0.384. The van der Waals surface area contributed by atoms with Gasteiger partial charge < -0.3 is 14.2 Å². The van der Waals surface area contributed by atoms with E-state index in [2.05, 4.69) is 10.5 Å². The van der Waals surface area contributed by atoms with Crippen molar-refractivity contribution in [2.75, 3.05) is 19.6 Å². The Morgan fingerprint density at radius 2 is 1.78 bits per heavy atom. The van der Waals surface area contributed by atoms with E-state index in [0.29, 0.717) is 23.6 Å². The number of rotatable bonds is 6. The van der Waals surface area contributed by atoms with Crippen molar-refractivity contribution in [1.29, 1.82) is 0 Å². The van der Waals surface area contributed by atoms with Crippen LogP contribution in [0.3, 0.4) is 0 Å². The van der Waals surface area contributed by atoms with Gasteiger partial charge in [0.15, 0.2) is 11.5 Å². The van der Waals surface area contributed by atoms with E-state index in [1.165, 1.54) is 12.1 Å². The molecule has 0 aromatic heterocycles. The number of nitrogens with zero attached hydrogens (tertiary/aromatic N) is 2. The molecule has 164 valence electrons. The number of anilines is 1. The fourth-order valence-corrected chi connectivity index (χ4v) is 3.59. The molecule has 0 fully saturated rings. The maximum atomic E-state index is 10.9. The Morgan fingerprint density at radius 3 is 2.47 bits per heavy atom. The van der Waals surface area contributed by atoms with Gasteiger partial charge in [0.1, 0.15) is 11.9 Å². The molecule has 1 atom stereocenters. The topological polar surface area (TPSA) is 95.2 Å². The minimum Gasteiger partial charge on any atom is -0.493 e. The number of nitro groups is 1. The Labute approximate surface area is 185 Å². The number of nitro benzene ring substituents is 1. The molecule has 0 spiro atoms. The van der Waals surface area contributed by atoms with Gasteiger partial charge in [0, 0.05) is 24.1 Å². The van der Waals surface area contributed by atoms with Gasteiger partial charge in [0.25, 0.3) is 5.69 Å². The number of hydrogen-bond donors (Lipinski definition) is 1. The first kappa shape index (κ1) is 21.2. The van der Waals surface area contributed by atoms with Crippen LogP contribution in [0.5, 0.6) is 17.2 Å². The summed E-state index contributed by atoms with van der Waals surface area (Å²) in [5.41, 5.74) is 7.49. The molecule has 0 saturated heterocycles. The molecule has 0 amide bonds. The minimum absolute atomic E-state index is 0.0313. The minimum atomic E-state index is -0.430. The largest absolute Gasteiger partial charge is 0.493 e. The van der Waals surface area contributed by atoms with Crippen LogP contribution in [0.1, 0.15) is 29.2 Å². The van der Waals surface area contributed by atoms with Crippen molar-refractivity contribution in [2.45, 2.75) is 19.4 Å². The number of aryl methyl sites for hydroxylation is 1. The van der Waals surface area contributed by atoms with Crippen LogP contribution < -0.4 is 19.6 Å². The molecule has 1 heterocycles. The highest BCUT2D eigenvalue weighted by Gasteiger charge is 2.27. The molecule has 0 bridgehead atoms. The Morgan fingerprint density at radius 1 is 1.03 bits per heavy atom. The summed E-state index contributed by atoms with van der Waals surface area (Å²) in [5, 5.41) is 15.5. The maximum absolute atomic E-state index is 10.9. The molecule has 3 aromatic carbocycles. The van der Waals surface area contributed by atoms with Crippen molar-refractivity contribution in [3.63, 3.8) is 0 Å². The lowest BCUT2D eigenvalue weighted by Gasteiger charge is -2.28. The van der Waals surface area contributed by atoms with Crippen molar-refractivity contribution in [3.8, 4) is 17.2 Å². The Balaban J connectivity index is 1.66. The first-order valence-corrected chi connectivity index (χ1v) is 10.0. The van der Waals surface area contributed by atoms with Gasteiger partial charge >= 0.3 is 0 Å². The summed E-state index contributed by atoms with van der Waals surface area (Å²) in [7, 11) is 3.20. The second kappa shape index (κ2) is 8.97. The summed E-state index contributed by atoms with van der Waals surface area (Å²) in [6.45, 7) is 2.02. The number of non-ortho nitro benzene ring substituents is 1. The molecule has 1 N–H and O–H groups in total. The predicted octanol–water partition coefficient (Wildman–Crippen LogP) is 5.26. The maximum Gasteiger partial charge on any atom is 0.269 e. The van der Waals surface area contributed by atoms with E-state index in [0.717, 1.165) is 28.2 Å². The van der Waals surface area contributed by atoms with Gasteiger partial charge in [0.05, 0.1) is 30.5 Å². The van der Waals surface area contributed by atoms with Gasteiger partial charge in [-0.3, -0.25) is 15.5 Å². The number of nitrogens with one attached hydrogen (secondary N) is 1. The molecule has 1 aliphatic rings. The second-order valence-electron chi connectivity index (χ2n) is 7.40. The third-order valence-electron chi connectivity index (χ3n) is 5.27. The van der Waals surface area contributed by atoms with Crippen LogP contribution in [0.25, 0.3) is 0 Å². The quantitative estimate of drug-likeness (QED) is 0.421. The van der Waals surface area contributed by atoms with Gasteiger partial charge in [-0.1, -0.05) is 17.7 Å². The molecule has 0 radical (unpaired) electrons. The Bertz CT molecular complexity index is 1170. The Kier molecular flexibility index (Phi) is 5.93. The zero-order chi connectivity index (χ0) is 22.7. The number of ether oxygens (including phenoxy) is 3.